The Morgan fingerprint density at radius 3 is 2.62 bits per heavy atom. The lowest BCUT2D eigenvalue weighted by Crippen LogP contribution is -2.28. The van der Waals surface area contributed by atoms with Gasteiger partial charge in [0.05, 0.1) is 17.7 Å². The van der Waals surface area contributed by atoms with Gasteiger partial charge in [-0.2, -0.15) is 0 Å². The second-order valence-corrected chi connectivity index (χ2v) is 7.04. The number of aromatic amines is 1. The molecule has 3 N–H and O–H groups in total. The Hall–Kier alpha value is -3.61. The third-order valence-electron chi connectivity index (χ3n) is 4.73. The van der Waals surface area contributed by atoms with E-state index in [1.54, 1.807) is 30.5 Å². The van der Waals surface area contributed by atoms with E-state index in [2.05, 4.69) is 15.6 Å². The van der Waals surface area contributed by atoms with E-state index >= 15 is 0 Å². The van der Waals surface area contributed by atoms with Crippen LogP contribution in [0.1, 0.15) is 28.8 Å². The number of carbonyl (C=O) groups is 3. The Balaban J connectivity index is 1.32. The number of hydrogen-bond donors (Lipinski definition) is 3. The highest BCUT2D eigenvalue weighted by Crippen LogP contribution is 2.22. The molecule has 3 aromatic rings. The summed E-state index contributed by atoms with van der Waals surface area (Å²) < 4.78 is 5.11. The zero-order valence-corrected chi connectivity index (χ0v) is 15.7. The number of H-pyrrole nitrogens is 1. The Labute approximate surface area is 167 Å². The summed E-state index contributed by atoms with van der Waals surface area (Å²) in [4.78, 5) is 39.7. The van der Waals surface area contributed by atoms with Crippen LogP contribution in [0.3, 0.4) is 0 Å². The minimum atomic E-state index is -0.496. The Bertz CT molecular complexity index is 1070. The number of carbonyl (C=O) groups excluding carboxylic acids is 3. The van der Waals surface area contributed by atoms with E-state index in [1.165, 1.54) is 0 Å². The second-order valence-electron chi connectivity index (χ2n) is 7.04. The van der Waals surface area contributed by atoms with Crippen LogP contribution in [0.2, 0.25) is 0 Å². The summed E-state index contributed by atoms with van der Waals surface area (Å²) in [6.07, 6.45) is 3.79. The number of anilines is 1. The molecular formula is C22H21N3O4. The van der Waals surface area contributed by atoms with Gasteiger partial charge in [0.25, 0.3) is 11.8 Å². The fraction of sp³-hybridized carbons (Fsp3) is 0.227. The van der Waals surface area contributed by atoms with E-state index in [1.807, 2.05) is 24.3 Å². The summed E-state index contributed by atoms with van der Waals surface area (Å²) in [5, 5.41) is 6.49. The number of nitrogens with one attached hydrogen (secondary N) is 3. The van der Waals surface area contributed by atoms with Crippen molar-refractivity contribution in [3.8, 4) is 0 Å². The topological polar surface area (TPSA) is 100 Å². The minimum absolute atomic E-state index is 0.0671. The van der Waals surface area contributed by atoms with E-state index < -0.39 is 18.5 Å². The molecule has 4 rings (SSSR count). The van der Waals surface area contributed by atoms with E-state index in [0.717, 1.165) is 29.3 Å². The van der Waals surface area contributed by atoms with Gasteiger partial charge in [-0.1, -0.05) is 30.3 Å². The average Bonchev–Trinajstić information content (AvgIpc) is 3.45. The molecule has 1 saturated carbocycles. The lowest BCUT2D eigenvalue weighted by molar-refractivity contribution is -0.146. The highest BCUT2D eigenvalue weighted by molar-refractivity contribution is 6.04. The molecule has 2 amide bonds. The quantitative estimate of drug-likeness (QED) is 0.539. The maximum absolute atomic E-state index is 12.3. The summed E-state index contributed by atoms with van der Waals surface area (Å²) in [6.45, 7) is -0.417. The fourth-order valence-corrected chi connectivity index (χ4v) is 3.10. The summed E-state index contributed by atoms with van der Waals surface area (Å²) >= 11 is 0. The molecule has 7 nitrogen and oxygen atoms in total. The second kappa shape index (κ2) is 8.18. The van der Waals surface area contributed by atoms with Crippen LogP contribution in [-0.4, -0.2) is 35.4 Å². The molecule has 1 fully saturated rings. The van der Waals surface area contributed by atoms with Gasteiger partial charge in [0, 0.05) is 23.1 Å². The number of aromatic nitrogens is 1. The van der Waals surface area contributed by atoms with Gasteiger partial charge in [-0.25, -0.2) is 0 Å². The molecule has 0 bridgehead atoms. The van der Waals surface area contributed by atoms with Crippen molar-refractivity contribution in [1.82, 2.24) is 10.3 Å². The molecule has 0 spiro atoms. The van der Waals surface area contributed by atoms with Crippen LogP contribution in [-0.2, 0) is 20.7 Å². The van der Waals surface area contributed by atoms with Gasteiger partial charge in [0.2, 0.25) is 0 Å². The van der Waals surface area contributed by atoms with Crippen molar-refractivity contribution in [2.45, 2.75) is 25.3 Å². The monoisotopic (exact) mass is 391 g/mol. The van der Waals surface area contributed by atoms with E-state index in [0.29, 0.717) is 11.3 Å². The third kappa shape index (κ3) is 4.63. The molecule has 1 heterocycles. The first kappa shape index (κ1) is 18.7. The Kier molecular flexibility index (Phi) is 5.29. The van der Waals surface area contributed by atoms with Gasteiger partial charge in [-0.3, -0.25) is 14.4 Å². The standard InChI is InChI=1S/C22H21N3O4/c26-20(25-19-8-4-2-6-17(19)22(28)24-15-9-10-15)13-29-21(27)11-14-12-23-18-7-3-1-5-16(14)18/h1-8,12,15,23H,9-11,13H2,(H,24,28)(H,25,26). The van der Waals surface area contributed by atoms with Crippen LogP contribution < -0.4 is 10.6 Å². The fourth-order valence-electron chi connectivity index (χ4n) is 3.10. The molecule has 1 aromatic heterocycles. The molecule has 2 aromatic carbocycles. The molecule has 7 heteroatoms. The van der Waals surface area contributed by atoms with Crippen molar-refractivity contribution in [1.29, 1.82) is 0 Å². The maximum atomic E-state index is 12.3. The number of benzene rings is 2. The van der Waals surface area contributed by atoms with Crippen LogP contribution in [0.25, 0.3) is 10.9 Å². The van der Waals surface area contributed by atoms with Crippen molar-refractivity contribution in [3.63, 3.8) is 0 Å². The zero-order valence-electron chi connectivity index (χ0n) is 15.7. The first-order chi connectivity index (χ1) is 14.1. The molecule has 0 atom stereocenters. The summed E-state index contributed by atoms with van der Waals surface area (Å²) in [6, 6.07) is 14.6. The van der Waals surface area contributed by atoms with Crippen LogP contribution in [0.5, 0.6) is 0 Å². The Morgan fingerprint density at radius 1 is 1.03 bits per heavy atom. The number of amides is 2. The smallest absolute Gasteiger partial charge is 0.310 e. The SMILES string of the molecule is O=C(COC(=O)Cc1c[nH]c2ccccc12)Nc1ccccc1C(=O)NC1CC1. The Morgan fingerprint density at radius 2 is 1.79 bits per heavy atom. The average molecular weight is 391 g/mol. The molecule has 0 saturated heterocycles. The van der Waals surface area contributed by atoms with Gasteiger partial charge < -0.3 is 20.4 Å². The predicted molar refractivity (Wildman–Crippen MR) is 109 cm³/mol. The highest BCUT2D eigenvalue weighted by Gasteiger charge is 2.25. The van der Waals surface area contributed by atoms with E-state index in [-0.39, 0.29) is 18.4 Å². The van der Waals surface area contributed by atoms with Gasteiger partial charge in [0.15, 0.2) is 6.61 Å². The lowest BCUT2D eigenvalue weighted by atomic mass is 10.1. The summed E-state index contributed by atoms with van der Waals surface area (Å²) in [5.41, 5.74) is 2.53. The predicted octanol–water partition coefficient (Wildman–Crippen LogP) is 2.78. The minimum Gasteiger partial charge on any atom is -0.455 e. The van der Waals surface area contributed by atoms with Crippen molar-refractivity contribution >= 4 is 34.4 Å². The first-order valence-corrected chi connectivity index (χ1v) is 9.50. The van der Waals surface area contributed by atoms with Crippen molar-refractivity contribution in [3.05, 3.63) is 65.9 Å². The van der Waals surface area contributed by atoms with E-state index in [9.17, 15) is 14.4 Å². The molecular weight excluding hydrogens is 370 g/mol. The van der Waals surface area contributed by atoms with Crippen molar-refractivity contribution < 1.29 is 19.1 Å². The number of ether oxygens (including phenoxy) is 1. The van der Waals surface area contributed by atoms with Gasteiger partial charge >= 0.3 is 5.97 Å². The number of esters is 1. The van der Waals surface area contributed by atoms with Crippen molar-refractivity contribution in [2.75, 3.05) is 11.9 Å². The first-order valence-electron chi connectivity index (χ1n) is 9.50. The van der Waals surface area contributed by atoms with E-state index in [4.69, 9.17) is 4.74 Å². The zero-order chi connectivity index (χ0) is 20.2. The van der Waals surface area contributed by atoms with Gasteiger partial charge in [-0.05, 0) is 36.6 Å². The highest BCUT2D eigenvalue weighted by atomic mass is 16.5. The summed E-state index contributed by atoms with van der Waals surface area (Å²) in [5.74, 6) is -1.21. The number of hydrogen-bond acceptors (Lipinski definition) is 4. The third-order valence-corrected chi connectivity index (χ3v) is 4.73. The molecule has 29 heavy (non-hydrogen) atoms. The number of rotatable bonds is 7. The molecule has 148 valence electrons. The van der Waals surface area contributed by atoms with Gasteiger partial charge in [-0.15, -0.1) is 0 Å². The van der Waals surface area contributed by atoms with Crippen LogP contribution in [0, 0.1) is 0 Å². The largest absolute Gasteiger partial charge is 0.455 e. The molecule has 1 aliphatic rings. The summed E-state index contributed by atoms with van der Waals surface area (Å²) in [7, 11) is 0. The van der Waals surface area contributed by atoms with Gasteiger partial charge in [0.1, 0.15) is 0 Å². The lowest BCUT2D eigenvalue weighted by Gasteiger charge is -2.11. The molecule has 0 unspecified atom stereocenters. The number of para-hydroxylation sites is 2. The van der Waals surface area contributed by atoms with Crippen LogP contribution in [0.4, 0.5) is 5.69 Å². The van der Waals surface area contributed by atoms with Crippen molar-refractivity contribution in [2.24, 2.45) is 0 Å². The molecule has 0 radical (unpaired) electrons. The maximum Gasteiger partial charge on any atom is 0.310 e. The normalized spacial score (nSPS) is 13.1. The van der Waals surface area contributed by atoms with Crippen LogP contribution >= 0.6 is 0 Å². The van der Waals surface area contributed by atoms with Crippen LogP contribution in [0.15, 0.2) is 54.7 Å². The molecule has 1 aliphatic carbocycles. The molecule has 0 aliphatic heterocycles. The number of fused-ring (bicyclic) bond motifs is 1.